The molecule has 0 spiro atoms. The zero-order valence-corrected chi connectivity index (χ0v) is 18.9. The first-order valence-electron chi connectivity index (χ1n) is 10.3. The Morgan fingerprint density at radius 2 is 1.79 bits per heavy atom. The molecular formula is C22H24F5N3O4. The molecule has 0 N–H and O–H groups in total. The molecular weight excluding hydrogens is 465 g/mol. The zero-order chi connectivity index (χ0) is 25.5. The lowest BCUT2D eigenvalue weighted by molar-refractivity contribution is -0.139. The van der Waals surface area contributed by atoms with Crippen LogP contribution in [0.25, 0.3) is 0 Å². The minimum Gasteiger partial charge on any atom is -0.497 e. The second-order valence-electron chi connectivity index (χ2n) is 8.98. The standard InChI is InChI=1S/C22H24F5N3O4/c1-20(2,3)34-19(32)29-12-21(23,24)10-17(29)16-9-15(22(25,26)27)18(31)30(28-16)11-13-5-7-14(33-4)8-6-13/h5-9,17H,10-12H2,1-4H3/t17-/m1/s1. The van der Waals surface area contributed by atoms with Gasteiger partial charge in [-0.15, -0.1) is 0 Å². The maximum absolute atomic E-state index is 14.3. The first-order valence-corrected chi connectivity index (χ1v) is 10.3. The van der Waals surface area contributed by atoms with E-state index in [4.69, 9.17) is 9.47 Å². The van der Waals surface area contributed by atoms with Crippen LogP contribution in [0.1, 0.15) is 50.1 Å². The Bertz CT molecular complexity index is 1110. The number of rotatable bonds is 4. The van der Waals surface area contributed by atoms with Crippen molar-refractivity contribution in [2.45, 2.75) is 57.5 Å². The van der Waals surface area contributed by atoms with Crippen molar-refractivity contribution in [2.75, 3.05) is 13.7 Å². The fourth-order valence-electron chi connectivity index (χ4n) is 3.53. The van der Waals surface area contributed by atoms with Crippen LogP contribution in [0.4, 0.5) is 26.7 Å². The maximum Gasteiger partial charge on any atom is 0.421 e. The number of hydrogen-bond donors (Lipinski definition) is 0. The van der Waals surface area contributed by atoms with Gasteiger partial charge in [-0.05, 0) is 44.5 Å². The number of methoxy groups -OCH3 is 1. The summed E-state index contributed by atoms with van der Waals surface area (Å²) < 4.78 is 80.3. The number of carbonyl (C=O) groups is 1. The molecule has 0 saturated carbocycles. The van der Waals surface area contributed by atoms with Gasteiger partial charge in [0.2, 0.25) is 0 Å². The largest absolute Gasteiger partial charge is 0.497 e. The minimum atomic E-state index is -5.06. The first kappa shape index (κ1) is 25.4. The van der Waals surface area contributed by atoms with Crippen LogP contribution in [0.2, 0.25) is 0 Å². The lowest BCUT2D eigenvalue weighted by Crippen LogP contribution is -2.39. The third kappa shape index (κ3) is 5.84. The van der Waals surface area contributed by atoms with Crippen LogP contribution < -0.4 is 10.3 Å². The van der Waals surface area contributed by atoms with E-state index in [1.807, 2.05) is 0 Å². The number of halogens is 5. The Morgan fingerprint density at radius 1 is 1.18 bits per heavy atom. The van der Waals surface area contributed by atoms with Crippen molar-refractivity contribution < 1.29 is 36.2 Å². The number of ether oxygens (including phenoxy) is 2. The molecule has 1 aliphatic heterocycles. The van der Waals surface area contributed by atoms with Crippen molar-refractivity contribution >= 4 is 6.09 Å². The van der Waals surface area contributed by atoms with E-state index in [1.54, 1.807) is 12.1 Å². The summed E-state index contributed by atoms with van der Waals surface area (Å²) in [7, 11) is 1.44. The van der Waals surface area contributed by atoms with E-state index in [0.29, 0.717) is 27.0 Å². The summed E-state index contributed by atoms with van der Waals surface area (Å²) in [5, 5.41) is 3.95. The molecule has 0 unspecified atom stereocenters. The van der Waals surface area contributed by atoms with E-state index >= 15 is 0 Å². The number of alkyl halides is 5. The molecule has 186 valence electrons. The zero-order valence-electron chi connectivity index (χ0n) is 18.9. The van der Waals surface area contributed by atoms with Crippen molar-refractivity contribution in [3.63, 3.8) is 0 Å². The van der Waals surface area contributed by atoms with Gasteiger partial charge in [-0.25, -0.2) is 18.3 Å². The molecule has 0 radical (unpaired) electrons. The Morgan fingerprint density at radius 3 is 2.32 bits per heavy atom. The average molecular weight is 489 g/mol. The number of likely N-dealkylation sites (tertiary alicyclic amines) is 1. The highest BCUT2D eigenvalue weighted by Gasteiger charge is 2.50. The summed E-state index contributed by atoms with van der Waals surface area (Å²) in [6.45, 7) is 3.19. The second-order valence-corrected chi connectivity index (χ2v) is 8.98. The van der Waals surface area contributed by atoms with Crippen molar-refractivity contribution in [3.05, 3.63) is 57.5 Å². The molecule has 7 nitrogen and oxygen atoms in total. The normalized spacial score (nSPS) is 18.1. The van der Waals surface area contributed by atoms with Crippen molar-refractivity contribution in [1.29, 1.82) is 0 Å². The molecule has 3 rings (SSSR count). The predicted molar refractivity (Wildman–Crippen MR) is 111 cm³/mol. The molecule has 1 atom stereocenters. The summed E-state index contributed by atoms with van der Waals surface area (Å²) in [6.07, 6.45) is -7.14. The smallest absolute Gasteiger partial charge is 0.421 e. The summed E-state index contributed by atoms with van der Waals surface area (Å²) >= 11 is 0. The minimum absolute atomic E-state index is 0.352. The van der Waals surface area contributed by atoms with Gasteiger partial charge >= 0.3 is 12.3 Å². The molecule has 1 aromatic heterocycles. The third-order valence-corrected chi connectivity index (χ3v) is 5.03. The Balaban J connectivity index is 2.07. The number of aromatic nitrogens is 2. The van der Waals surface area contributed by atoms with E-state index in [0.717, 1.165) is 0 Å². The summed E-state index contributed by atoms with van der Waals surface area (Å²) in [5.74, 6) is -2.88. The Hall–Kier alpha value is -3.18. The topological polar surface area (TPSA) is 73.7 Å². The number of benzene rings is 1. The van der Waals surface area contributed by atoms with Gasteiger partial charge in [-0.2, -0.15) is 18.3 Å². The lowest BCUT2D eigenvalue weighted by atomic mass is 10.1. The monoisotopic (exact) mass is 489 g/mol. The maximum atomic E-state index is 14.3. The first-order chi connectivity index (χ1) is 15.6. The van der Waals surface area contributed by atoms with E-state index in [2.05, 4.69) is 5.10 Å². The summed E-state index contributed by atoms with van der Waals surface area (Å²) in [6, 6.07) is 5.07. The van der Waals surface area contributed by atoms with Gasteiger partial charge in [0.05, 0.1) is 31.9 Å². The average Bonchev–Trinajstić information content (AvgIpc) is 3.03. The van der Waals surface area contributed by atoms with Crippen LogP contribution in [0.5, 0.6) is 5.75 Å². The van der Waals surface area contributed by atoms with Gasteiger partial charge in [0.15, 0.2) is 0 Å². The molecule has 2 aromatic rings. The van der Waals surface area contributed by atoms with Crippen molar-refractivity contribution in [1.82, 2.24) is 14.7 Å². The summed E-state index contributed by atoms with van der Waals surface area (Å²) in [5.41, 5.74) is -4.06. The van der Waals surface area contributed by atoms with Crippen LogP contribution in [0.15, 0.2) is 35.1 Å². The second kappa shape index (κ2) is 8.88. The van der Waals surface area contributed by atoms with Crippen LogP contribution in [0, 0.1) is 0 Å². The van der Waals surface area contributed by atoms with E-state index < -0.39 is 59.6 Å². The number of amides is 1. The van der Waals surface area contributed by atoms with Gasteiger partial charge in [-0.3, -0.25) is 9.69 Å². The Kier molecular flexibility index (Phi) is 6.64. The van der Waals surface area contributed by atoms with Gasteiger partial charge in [0.25, 0.3) is 11.5 Å². The SMILES string of the molecule is COc1ccc(Cn2nc([C@H]3CC(F)(F)CN3C(=O)OC(C)(C)C)cc(C(F)(F)F)c2=O)cc1. The molecule has 1 aliphatic rings. The quantitative estimate of drug-likeness (QED) is 0.586. The summed E-state index contributed by atoms with van der Waals surface area (Å²) in [4.78, 5) is 25.7. The molecule has 12 heteroatoms. The van der Waals surface area contributed by atoms with Crippen LogP contribution in [-0.4, -0.2) is 46.0 Å². The van der Waals surface area contributed by atoms with Gasteiger partial charge in [0, 0.05) is 6.42 Å². The number of carbonyl (C=O) groups excluding carboxylic acids is 1. The third-order valence-electron chi connectivity index (χ3n) is 5.03. The molecule has 34 heavy (non-hydrogen) atoms. The van der Waals surface area contributed by atoms with Gasteiger partial charge in [-0.1, -0.05) is 12.1 Å². The number of hydrogen-bond acceptors (Lipinski definition) is 5. The van der Waals surface area contributed by atoms with Crippen LogP contribution in [-0.2, 0) is 17.5 Å². The molecule has 1 amide bonds. The van der Waals surface area contributed by atoms with E-state index in [1.165, 1.54) is 40.0 Å². The Labute approximate surface area is 192 Å². The molecule has 1 fully saturated rings. The fraction of sp³-hybridized carbons (Fsp3) is 0.500. The fourth-order valence-corrected chi connectivity index (χ4v) is 3.53. The van der Waals surface area contributed by atoms with Gasteiger partial charge in [0.1, 0.15) is 16.9 Å². The van der Waals surface area contributed by atoms with Crippen molar-refractivity contribution in [3.8, 4) is 5.75 Å². The van der Waals surface area contributed by atoms with Crippen LogP contribution >= 0.6 is 0 Å². The van der Waals surface area contributed by atoms with Crippen molar-refractivity contribution in [2.24, 2.45) is 0 Å². The predicted octanol–water partition coefficient (Wildman–Crippen LogP) is 4.64. The van der Waals surface area contributed by atoms with E-state index in [-0.39, 0.29) is 6.54 Å². The van der Waals surface area contributed by atoms with E-state index in [9.17, 15) is 31.5 Å². The highest BCUT2D eigenvalue weighted by atomic mass is 19.4. The highest BCUT2D eigenvalue weighted by molar-refractivity contribution is 5.69. The lowest BCUT2D eigenvalue weighted by Gasteiger charge is -2.28. The molecule has 2 heterocycles. The highest BCUT2D eigenvalue weighted by Crippen LogP contribution is 2.42. The molecule has 1 aromatic carbocycles. The van der Waals surface area contributed by atoms with Crippen LogP contribution in [0.3, 0.4) is 0 Å². The molecule has 1 saturated heterocycles. The molecule has 0 aliphatic carbocycles. The number of nitrogens with zero attached hydrogens (tertiary/aromatic N) is 3. The molecule has 0 bridgehead atoms. The van der Waals surface area contributed by atoms with Gasteiger partial charge < -0.3 is 9.47 Å².